The second-order valence-electron chi connectivity index (χ2n) is 13.4. The van der Waals surface area contributed by atoms with Crippen LogP contribution in [0.25, 0.3) is 27.7 Å². The second-order valence-corrected chi connectivity index (χ2v) is 15.6. The monoisotopic (exact) mass is 715 g/mol. The van der Waals surface area contributed by atoms with E-state index in [1.165, 1.54) is 24.3 Å². The van der Waals surface area contributed by atoms with Crippen LogP contribution in [0.4, 0.5) is 27.6 Å². The molecule has 2 saturated carbocycles. The van der Waals surface area contributed by atoms with Crippen molar-refractivity contribution in [3.05, 3.63) is 65.3 Å². The summed E-state index contributed by atoms with van der Waals surface area (Å²) in [6.45, 7) is -2.28. The third kappa shape index (κ3) is 5.57. The van der Waals surface area contributed by atoms with Crippen LogP contribution in [0.15, 0.2) is 52.0 Å². The van der Waals surface area contributed by atoms with E-state index in [2.05, 4.69) is 21.2 Å². The first-order valence-corrected chi connectivity index (χ1v) is 17.8. The highest BCUT2D eigenvalue weighted by molar-refractivity contribution is 7.92. The first-order chi connectivity index (χ1) is 23.8. The van der Waals surface area contributed by atoms with Crippen molar-refractivity contribution in [2.24, 2.45) is 11.1 Å². The molecule has 0 radical (unpaired) electrons. The van der Waals surface area contributed by atoms with Crippen LogP contribution in [0, 0.1) is 5.41 Å². The summed E-state index contributed by atoms with van der Waals surface area (Å²) in [5, 5.41) is 3.29. The Labute approximate surface area is 282 Å². The maximum absolute atomic E-state index is 13.9. The molecule has 0 atom stereocenters. The molecule has 10 nitrogen and oxygen atoms in total. The lowest BCUT2D eigenvalue weighted by atomic mass is 9.63. The first-order valence-electron chi connectivity index (χ1n) is 16.2. The molecule has 3 fully saturated rings. The van der Waals surface area contributed by atoms with Crippen molar-refractivity contribution in [1.82, 2.24) is 15.1 Å². The number of nitrogens with two attached hydrogens (primary N) is 1. The Morgan fingerprint density at radius 3 is 2.44 bits per heavy atom. The van der Waals surface area contributed by atoms with Gasteiger partial charge in [0.2, 0.25) is 0 Å². The van der Waals surface area contributed by atoms with E-state index in [0.29, 0.717) is 62.2 Å². The lowest BCUT2D eigenvalue weighted by Crippen LogP contribution is -2.42. The summed E-state index contributed by atoms with van der Waals surface area (Å²) in [5.74, 6) is -1.11. The molecule has 1 amide bonds. The van der Waals surface area contributed by atoms with Gasteiger partial charge >= 0.3 is 12.8 Å². The Hall–Kier alpha value is -4.60. The quantitative estimate of drug-likeness (QED) is 0.183. The topological polar surface area (TPSA) is 142 Å². The number of rotatable bonds is 9. The van der Waals surface area contributed by atoms with E-state index in [1.54, 1.807) is 6.07 Å². The number of primary amides is 1. The minimum atomic E-state index is -4.67. The summed E-state index contributed by atoms with van der Waals surface area (Å²) in [5.41, 5.74) is 5.79. The lowest BCUT2D eigenvalue weighted by Gasteiger charge is -2.47. The molecule has 1 aromatic carbocycles. The normalized spacial score (nSPS) is 19.2. The standard InChI is InChI=1S/C34H30F5N5O5S/c35-32(36)48-28-22-14-19(5-8-23(22)42-26(31(40)45)29(28)50(46,47)20-6-7-20)44-12-9-33(10-13-44)15-18(16-33)24-25(43-49-27(24)17-3-4-17)21-2-1-11-41-30(21)34(37,38)39/h1-2,5,8,11,14-15,17,20,32H,3-4,6-7,9-10,12-13,16H2,(H2,40,45). The molecule has 8 rings (SSSR count). The predicted octanol–water partition coefficient (Wildman–Crippen LogP) is 6.89. The SMILES string of the molecule is NC(=O)c1nc2ccc(N3CCC4(C=C(c5c(-c6cccnc6C(F)(F)F)noc5C5CC5)C4)CC3)cc2c(OC(F)F)c1S(=O)(=O)C1CC1. The van der Waals surface area contributed by atoms with Gasteiger partial charge in [-0.25, -0.2) is 13.4 Å². The van der Waals surface area contributed by atoms with E-state index in [0.717, 1.165) is 24.6 Å². The largest absolute Gasteiger partial charge is 0.434 e. The number of ether oxygens (including phenoxy) is 1. The fourth-order valence-corrected chi connectivity index (χ4v) is 9.16. The molecule has 4 aliphatic rings. The molecule has 50 heavy (non-hydrogen) atoms. The summed E-state index contributed by atoms with van der Waals surface area (Å²) in [4.78, 5) is 21.4. The molecule has 4 aromatic rings. The van der Waals surface area contributed by atoms with Crippen LogP contribution in [0.1, 0.15) is 78.4 Å². The van der Waals surface area contributed by atoms with Gasteiger partial charge in [-0.2, -0.15) is 22.0 Å². The first kappa shape index (κ1) is 32.6. The maximum Gasteiger partial charge on any atom is 0.434 e. The number of fused-ring (bicyclic) bond motifs is 1. The molecule has 0 unspecified atom stereocenters. The van der Waals surface area contributed by atoms with E-state index < -0.39 is 55.8 Å². The number of halogens is 5. The van der Waals surface area contributed by atoms with Gasteiger partial charge in [-0.15, -0.1) is 0 Å². The highest BCUT2D eigenvalue weighted by atomic mass is 32.2. The number of benzene rings is 1. The number of aromatic nitrogens is 3. The zero-order chi connectivity index (χ0) is 35.2. The number of hydrogen-bond acceptors (Lipinski definition) is 9. The van der Waals surface area contributed by atoms with Crippen molar-refractivity contribution in [3.63, 3.8) is 0 Å². The summed E-state index contributed by atoms with van der Waals surface area (Å²) in [6, 6.07) is 7.56. The number of piperidine rings is 1. The number of anilines is 1. The van der Waals surface area contributed by atoms with Gasteiger partial charge in [-0.1, -0.05) is 11.2 Å². The number of carbonyl (C=O) groups is 1. The Kier molecular flexibility index (Phi) is 7.48. The van der Waals surface area contributed by atoms with E-state index in [9.17, 15) is 35.2 Å². The number of allylic oxidation sites excluding steroid dienone is 2. The van der Waals surface area contributed by atoms with Crippen molar-refractivity contribution in [1.29, 1.82) is 0 Å². The van der Waals surface area contributed by atoms with Crippen LogP contribution < -0.4 is 15.4 Å². The van der Waals surface area contributed by atoms with Crippen molar-refractivity contribution in [2.75, 3.05) is 18.0 Å². The zero-order valence-electron chi connectivity index (χ0n) is 26.3. The minimum absolute atomic E-state index is 0.0133. The van der Waals surface area contributed by atoms with Crippen LogP contribution in [-0.2, 0) is 16.0 Å². The molecule has 1 spiro atoms. The van der Waals surface area contributed by atoms with Crippen molar-refractivity contribution in [3.8, 4) is 17.0 Å². The van der Waals surface area contributed by atoms with Gasteiger partial charge in [0.05, 0.1) is 10.8 Å². The molecule has 2 N–H and O–H groups in total. The average molecular weight is 716 g/mol. The van der Waals surface area contributed by atoms with Gasteiger partial charge in [-0.05, 0) is 86.3 Å². The van der Waals surface area contributed by atoms with E-state index in [1.807, 2.05) is 4.90 Å². The van der Waals surface area contributed by atoms with Gasteiger partial charge < -0.3 is 19.9 Å². The van der Waals surface area contributed by atoms with Crippen LogP contribution in [0.3, 0.4) is 0 Å². The number of nitrogens with zero attached hydrogens (tertiary/aromatic N) is 4. The maximum atomic E-state index is 13.9. The summed E-state index contributed by atoms with van der Waals surface area (Å²) in [6.07, 6.45) is 2.91. The smallest absolute Gasteiger partial charge is 0.433 e. The van der Waals surface area contributed by atoms with Crippen LogP contribution in [-0.4, -0.2) is 54.4 Å². The summed E-state index contributed by atoms with van der Waals surface area (Å²) < 4.78 is 106. The third-order valence-electron chi connectivity index (χ3n) is 10.0. The van der Waals surface area contributed by atoms with Gasteiger partial charge in [0.1, 0.15) is 16.3 Å². The lowest BCUT2D eigenvalue weighted by molar-refractivity contribution is -0.140. The van der Waals surface area contributed by atoms with E-state index in [4.69, 9.17) is 15.0 Å². The molecule has 1 aliphatic heterocycles. The highest BCUT2D eigenvalue weighted by Gasteiger charge is 2.46. The number of alkyl halides is 5. The third-order valence-corrected chi connectivity index (χ3v) is 12.3. The van der Waals surface area contributed by atoms with Crippen molar-refractivity contribution < 1.29 is 44.4 Å². The Balaban J connectivity index is 1.09. The van der Waals surface area contributed by atoms with Gasteiger partial charge in [0.15, 0.2) is 27.0 Å². The van der Waals surface area contributed by atoms with Gasteiger partial charge in [0, 0.05) is 47.4 Å². The second kappa shape index (κ2) is 11.5. The molecule has 262 valence electrons. The van der Waals surface area contributed by atoms with Crippen LogP contribution in [0.5, 0.6) is 5.75 Å². The van der Waals surface area contributed by atoms with Crippen molar-refractivity contribution >= 4 is 37.9 Å². The van der Waals surface area contributed by atoms with Crippen molar-refractivity contribution in [2.45, 2.75) is 73.8 Å². The fraction of sp³-hybridized carbons (Fsp3) is 0.412. The number of pyridine rings is 2. The van der Waals surface area contributed by atoms with E-state index >= 15 is 0 Å². The predicted molar refractivity (Wildman–Crippen MR) is 170 cm³/mol. The van der Waals surface area contributed by atoms with E-state index in [-0.39, 0.29) is 33.5 Å². The molecule has 3 aliphatic carbocycles. The molecule has 16 heteroatoms. The Morgan fingerprint density at radius 1 is 1.10 bits per heavy atom. The van der Waals surface area contributed by atoms with Crippen LogP contribution in [0.2, 0.25) is 0 Å². The zero-order valence-corrected chi connectivity index (χ0v) is 27.2. The summed E-state index contributed by atoms with van der Waals surface area (Å²) in [7, 11) is -4.23. The highest BCUT2D eigenvalue weighted by Crippen LogP contribution is 2.56. The number of amides is 1. The average Bonchev–Trinajstić information content (AvgIpc) is 4.00. The molecule has 3 aromatic heterocycles. The number of hydrogen-bond donors (Lipinski definition) is 1. The molecule has 4 heterocycles. The number of carbonyl (C=O) groups excluding carboxylic acids is 1. The summed E-state index contributed by atoms with van der Waals surface area (Å²) >= 11 is 0. The van der Waals surface area contributed by atoms with Crippen LogP contribution >= 0.6 is 0 Å². The van der Waals surface area contributed by atoms with Gasteiger partial charge in [-0.3, -0.25) is 9.78 Å². The fourth-order valence-electron chi connectivity index (χ4n) is 7.24. The molecule has 1 saturated heterocycles. The molecule has 0 bridgehead atoms. The minimum Gasteiger partial charge on any atom is -0.433 e. The van der Waals surface area contributed by atoms with Gasteiger partial charge in [0.25, 0.3) is 5.91 Å². The Morgan fingerprint density at radius 2 is 1.82 bits per heavy atom. The molecular formula is C34H30F5N5O5S. The molecular weight excluding hydrogens is 685 g/mol. The number of sulfone groups is 1. The Bertz CT molecular complexity index is 2190.